The average Bonchev–Trinajstić information content (AvgIpc) is 1.85. The predicted molar refractivity (Wildman–Crippen MR) is 30.6 cm³/mol. The second-order valence-corrected chi connectivity index (χ2v) is 1.30. The van der Waals surface area contributed by atoms with E-state index in [2.05, 4.69) is 26.5 Å². The van der Waals surface area contributed by atoms with Gasteiger partial charge >= 0.3 is 5.97 Å². The fourth-order valence-corrected chi connectivity index (χ4v) is 0.333. The van der Waals surface area contributed by atoms with Crippen molar-refractivity contribution in [1.82, 2.24) is 5.48 Å². The molecule has 0 fully saturated rings. The highest BCUT2D eigenvalue weighted by Gasteiger charge is 1.99. The maximum Gasteiger partial charge on any atom is 0.324 e. The van der Waals surface area contributed by atoms with E-state index in [4.69, 9.17) is 0 Å². The van der Waals surface area contributed by atoms with Gasteiger partial charge < -0.3 is 4.74 Å². The van der Waals surface area contributed by atoms with E-state index in [-0.39, 0.29) is 6.54 Å². The van der Waals surface area contributed by atoms with Crippen molar-refractivity contribution < 1.29 is 13.9 Å². The van der Waals surface area contributed by atoms with Gasteiger partial charge in [-0.2, -0.15) is 4.39 Å². The van der Waals surface area contributed by atoms with Gasteiger partial charge in [-0.3, -0.25) is 4.79 Å². The Morgan fingerprint density at radius 1 is 1.78 bits per heavy atom. The zero-order valence-corrected chi connectivity index (χ0v) is 5.72. The second kappa shape index (κ2) is 5.81. The molecule has 0 bridgehead atoms. The molecule has 1 radical (unpaired) electrons. The molecule has 0 saturated carbocycles. The van der Waals surface area contributed by atoms with E-state index < -0.39 is 5.97 Å². The Morgan fingerprint density at radius 2 is 2.44 bits per heavy atom. The van der Waals surface area contributed by atoms with Crippen LogP contribution < -0.4 is 5.48 Å². The van der Waals surface area contributed by atoms with Crippen LogP contribution in [0, 0.1) is 0 Å². The number of hydrogen-bond donors (Lipinski definition) is 0. The van der Waals surface area contributed by atoms with Gasteiger partial charge in [-0.05, 0) is 6.92 Å². The van der Waals surface area contributed by atoms with Crippen LogP contribution in [0.15, 0.2) is 0 Å². The SMILES string of the molecule is CCOC(=O)C[N]OCl. The Bertz CT molecular complexity index is 87.9. The van der Waals surface area contributed by atoms with Crippen LogP contribution in [-0.4, -0.2) is 19.1 Å². The van der Waals surface area contributed by atoms with Gasteiger partial charge in [0, 0.05) is 0 Å². The highest BCUT2D eigenvalue weighted by Crippen LogP contribution is 1.78. The van der Waals surface area contributed by atoms with Gasteiger partial charge in [-0.15, -0.1) is 0 Å². The number of carbonyl (C=O) groups excluding carboxylic acids is 1. The molecule has 0 rings (SSSR count). The van der Waals surface area contributed by atoms with Crippen LogP contribution in [0.5, 0.6) is 0 Å². The highest BCUT2D eigenvalue weighted by atomic mass is 35.5. The van der Waals surface area contributed by atoms with Gasteiger partial charge in [0.05, 0.1) is 18.5 Å². The topological polar surface area (TPSA) is 49.6 Å². The molecule has 0 unspecified atom stereocenters. The van der Waals surface area contributed by atoms with E-state index >= 15 is 0 Å². The van der Waals surface area contributed by atoms with E-state index in [0.717, 1.165) is 0 Å². The fraction of sp³-hybridized carbons (Fsp3) is 0.750. The summed E-state index contributed by atoms with van der Waals surface area (Å²) in [6.07, 6.45) is 0. The summed E-state index contributed by atoms with van der Waals surface area (Å²) in [5.41, 5.74) is 3.08. The molecule has 0 spiro atoms. The standard InChI is InChI=1S/C4H7ClNO3/c1-2-8-4(7)3-6-9-5/h2-3H2,1H3. The number of rotatable bonds is 4. The van der Waals surface area contributed by atoms with Crippen molar-refractivity contribution in [2.45, 2.75) is 6.92 Å². The maximum atomic E-state index is 10.3. The van der Waals surface area contributed by atoms with Crippen LogP contribution in [0.4, 0.5) is 0 Å². The van der Waals surface area contributed by atoms with E-state index in [1.807, 2.05) is 0 Å². The van der Waals surface area contributed by atoms with Crippen LogP contribution in [0.25, 0.3) is 0 Å². The van der Waals surface area contributed by atoms with Crippen molar-refractivity contribution in [3.63, 3.8) is 0 Å². The summed E-state index contributed by atoms with van der Waals surface area (Å²) in [7, 11) is 0. The quantitative estimate of drug-likeness (QED) is 0.428. The summed E-state index contributed by atoms with van der Waals surface area (Å²) >= 11 is 4.67. The van der Waals surface area contributed by atoms with E-state index in [9.17, 15) is 4.79 Å². The molecule has 0 aliphatic heterocycles. The zero-order valence-electron chi connectivity index (χ0n) is 4.96. The first-order valence-electron chi connectivity index (χ1n) is 2.41. The van der Waals surface area contributed by atoms with E-state index in [1.54, 1.807) is 6.92 Å². The number of halogens is 1. The molecule has 53 valence electrons. The van der Waals surface area contributed by atoms with Crippen LogP contribution in [0.3, 0.4) is 0 Å². The van der Waals surface area contributed by atoms with Crippen molar-refractivity contribution >= 4 is 17.8 Å². The minimum absolute atomic E-state index is 0.155. The molecule has 0 aliphatic rings. The molecule has 0 amide bonds. The summed E-state index contributed by atoms with van der Waals surface area (Å²) in [4.78, 5) is 10.3. The Kier molecular flexibility index (Phi) is 5.60. The Balaban J connectivity index is 3.06. The average molecular weight is 153 g/mol. The first-order valence-corrected chi connectivity index (χ1v) is 2.72. The number of hydroxylamine groups is 1. The summed E-state index contributed by atoms with van der Waals surface area (Å²) in [6.45, 7) is 1.90. The summed E-state index contributed by atoms with van der Waals surface area (Å²) in [5.74, 6) is -0.446. The van der Waals surface area contributed by atoms with Crippen molar-refractivity contribution in [1.29, 1.82) is 0 Å². The number of nitrogens with zero attached hydrogens (tertiary/aromatic N) is 1. The summed E-state index contributed by atoms with van der Waals surface area (Å²) < 4.78 is 8.23. The van der Waals surface area contributed by atoms with Crippen LogP contribution in [0.1, 0.15) is 6.92 Å². The molecule has 0 aromatic carbocycles. The largest absolute Gasteiger partial charge is 0.465 e. The van der Waals surface area contributed by atoms with Gasteiger partial charge in [-0.1, -0.05) is 5.48 Å². The Hall–Kier alpha value is -0.320. The lowest BCUT2D eigenvalue weighted by molar-refractivity contribution is -0.143. The molecular formula is C4H7ClNO3. The summed E-state index contributed by atoms with van der Waals surface area (Å²) in [6, 6.07) is 0. The third kappa shape index (κ3) is 5.55. The highest BCUT2D eigenvalue weighted by molar-refractivity contribution is 6.07. The van der Waals surface area contributed by atoms with Crippen molar-refractivity contribution in [3.05, 3.63) is 0 Å². The molecule has 0 saturated heterocycles. The van der Waals surface area contributed by atoms with Crippen LogP contribution >= 0.6 is 11.9 Å². The van der Waals surface area contributed by atoms with Crippen molar-refractivity contribution in [2.24, 2.45) is 0 Å². The number of ether oxygens (including phenoxy) is 1. The zero-order chi connectivity index (χ0) is 7.11. The Morgan fingerprint density at radius 3 is 2.89 bits per heavy atom. The van der Waals surface area contributed by atoms with E-state index in [0.29, 0.717) is 6.61 Å². The first kappa shape index (κ1) is 8.68. The van der Waals surface area contributed by atoms with Gasteiger partial charge in [0.1, 0.15) is 6.54 Å². The van der Waals surface area contributed by atoms with Gasteiger partial charge in [0.2, 0.25) is 0 Å². The molecule has 0 heterocycles. The smallest absolute Gasteiger partial charge is 0.324 e. The molecule has 0 aliphatic carbocycles. The van der Waals surface area contributed by atoms with Crippen LogP contribution in [0.2, 0.25) is 0 Å². The monoisotopic (exact) mass is 152 g/mol. The number of hydrogen-bond acceptors (Lipinski definition) is 3. The van der Waals surface area contributed by atoms with Gasteiger partial charge in [-0.25, -0.2) is 0 Å². The maximum absolute atomic E-state index is 10.3. The summed E-state index contributed by atoms with van der Waals surface area (Å²) in [5, 5.41) is 0. The molecule has 0 aromatic heterocycles. The lowest BCUT2D eigenvalue weighted by atomic mass is 10.7. The van der Waals surface area contributed by atoms with E-state index in [1.165, 1.54) is 0 Å². The molecule has 9 heavy (non-hydrogen) atoms. The molecule has 0 N–H and O–H groups in total. The minimum atomic E-state index is -0.446. The van der Waals surface area contributed by atoms with Gasteiger partial charge in [0.15, 0.2) is 0 Å². The number of esters is 1. The predicted octanol–water partition coefficient (Wildman–Crippen LogP) is 0.239. The molecule has 0 atom stereocenters. The van der Waals surface area contributed by atoms with Gasteiger partial charge in [0.25, 0.3) is 0 Å². The third-order valence-corrected chi connectivity index (χ3v) is 0.645. The second-order valence-electron chi connectivity index (χ2n) is 1.16. The molecule has 4 nitrogen and oxygen atoms in total. The molecular weight excluding hydrogens is 146 g/mol. The molecule has 5 heteroatoms. The Labute approximate surface area is 58.2 Å². The normalized spacial score (nSPS) is 9.11. The molecule has 0 aromatic rings. The number of carbonyl (C=O) groups is 1. The third-order valence-electron chi connectivity index (χ3n) is 0.548. The van der Waals surface area contributed by atoms with Crippen LogP contribution in [-0.2, 0) is 13.9 Å². The minimum Gasteiger partial charge on any atom is -0.465 e. The lowest BCUT2D eigenvalue weighted by Crippen LogP contribution is -2.16. The van der Waals surface area contributed by atoms with Crippen molar-refractivity contribution in [3.8, 4) is 0 Å². The fourth-order valence-electron chi connectivity index (χ4n) is 0.284. The lowest BCUT2D eigenvalue weighted by Gasteiger charge is -1.96. The van der Waals surface area contributed by atoms with Crippen molar-refractivity contribution in [2.75, 3.05) is 13.2 Å². The first-order chi connectivity index (χ1) is 4.31.